The lowest BCUT2D eigenvalue weighted by Crippen LogP contribution is -2.52. The number of likely N-dealkylation sites (tertiary alicyclic amines) is 1. The summed E-state index contributed by atoms with van der Waals surface area (Å²) in [4.78, 5) is 53.4. The van der Waals surface area contributed by atoms with Crippen molar-refractivity contribution >= 4 is 23.6 Å². The summed E-state index contributed by atoms with van der Waals surface area (Å²) in [6.45, 7) is 4.00. The third-order valence-corrected chi connectivity index (χ3v) is 7.75. The second-order valence-corrected chi connectivity index (χ2v) is 10.3. The van der Waals surface area contributed by atoms with Gasteiger partial charge in [0, 0.05) is 31.5 Å². The number of fused-ring (bicyclic) bond motifs is 1. The van der Waals surface area contributed by atoms with Crippen LogP contribution in [0.3, 0.4) is 0 Å². The van der Waals surface area contributed by atoms with E-state index in [4.69, 9.17) is 9.47 Å². The summed E-state index contributed by atoms with van der Waals surface area (Å²) in [5.74, 6) is 0.676. The molecular weight excluding hydrogens is 498 g/mol. The highest BCUT2D eigenvalue weighted by atomic mass is 16.5. The molecule has 1 unspecified atom stereocenters. The second-order valence-electron chi connectivity index (χ2n) is 10.3. The van der Waals surface area contributed by atoms with Crippen LogP contribution >= 0.6 is 0 Å². The molecule has 0 bridgehead atoms. The number of piperidine rings is 2. The molecule has 5 rings (SSSR count). The summed E-state index contributed by atoms with van der Waals surface area (Å²) >= 11 is 0. The van der Waals surface area contributed by atoms with Crippen molar-refractivity contribution < 1.29 is 28.7 Å². The normalized spacial score (nSPS) is 21.0. The second kappa shape index (κ2) is 11.9. The van der Waals surface area contributed by atoms with Gasteiger partial charge in [-0.1, -0.05) is 12.1 Å². The molecule has 2 aromatic rings. The zero-order chi connectivity index (χ0) is 27.4. The van der Waals surface area contributed by atoms with E-state index in [1.54, 1.807) is 12.1 Å². The fourth-order valence-corrected chi connectivity index (χ4v) is 5.65. The Morgan fingerprint density at radius 2 is 1.79 bits per heavy atom. The zero-order valence-electron chi connectivity index (χ0n) is 22.3. The van der Waals surface area contributed by atoms with Gasteiger partial charge in [-0.15, -0.1) is 0 Å². The van der Waals surface area contributed by atoms with Crippen LogP contribution in [-0.2, 0) is 27.3 Å². The minimum atomic E-state index is -0.642. The first-order chi connectivity index (χ1) is 18.9. The summed E-state index contributed by atoms with van der Waals surface area (Å²) in [5, 5.41) is 2.33. The van der Waals surface area contributed by atoms with Gasteiger partial charge in [0.1, 0.15) is 24.1 Å². The van der Waals surface area contributed by atoms with Crippen LogP contribution in [0.5, 0.6) is 11.5 Å². The third-order valence-electron chi connectivity index (χ3n) is 7.75. The van der Waals surface area contributed by atoms with Crippen molar-refractivity contribution in [1.82, 2.24) is 15.1 Å². The van der Waals surface area contributed by atoms with E-state index in [0.717, 1.165) is 42.7 Å². The molecule has 2 atom stereocenters. The molecule has 0 spiro atoms. The summed E-state index contributed by atoms with van der Waals surface area (Å²) in [6.07, 6.45) is 4.61. The first kappa shape index (κ1) is 26.7. The van der Waals surface area contributed by atoms with Crippen molar-refractivity contribution in [3.63, 3.8) is 0 Å². The molecule has 1 N–H and O–H groups in total. The molecule has 0 aromatic heterocycles. The highest BCUT2D eigenvalue weighted by Crippen LogP contribution is 2.30. The third kappa shape index (κ3) is 6.08. The van der Waals surface area contributed by atoms with Gasteiger partial charge < -0.3 is 19.3 Å². The van der Waals surface area contributed by atoms with E-state index in [-0.39, 0.29) is 30.2 Å². The van der Waals surface area contributed by atoms with E-state index in [2.05, 4.69) is 5.32 Å². The molecule has 39 heavy (non-hydrogen) atoms. The van der Waals surface area contributed by atoms with Gasteiger partial charge in [0.25, 0.3) is 5.91 Å². The number of hydrogen-bond acceptors (Lipinski definition) is 6. The van der Waals surface area contributed by atoms with Crippen molar-refractivity contribution in [2.45, 2.75) is 70.5 Å². The minimum Gasteiger partial charge on any atom is -0.494 e. The Bertz CT molecular complexity index is 1240. The number of nitrogens with one attached hydrogen (secondary N) is 1. The van der Waals surface area contributed by atoms with Crippen LogP contribution in [0.15, 0.2) is 42.5 Å². The van der Waals surface area contributed by atoms with Crippen LogP contribution in [0, 0.1) is 0 Å². The number of benzene rings is 2. The molecule has 206 valence electrons. The molecule has 3 aliphatic rings. The maximum absolute atomic E-state index is 13.1. The first-order valence-corrected chi connectivity index (χ1v) is 13.8. The maximum Gasteiger partial charge on any atom is 0.255 e. The fourth-order valence-electron chi connectivity index (χ4n) is 5.65. The lowest BCUT2D eigenvalue weighted by Gasteiger charge is -2.35. The summed E-state index contributed by atoms with van der Waals surface area (Å²) in [6, 6.07) is 12.6. The van der Waals surface area contributed by atoms with Crippen LogP contribution in [0.1, 0.15) is 66.9 Å². The average molecular weight is 534 g/mol. The largest absolute Gasteiger partial charge is 0.494 e. The topological polar surface area (TPSA) is 105 Å². The number of rotatable bonds is 9. The SMILES string of the molecule is CCOc1ccc(CCC(=O)N2CCCC[C@H]2COc2ccc3c(c2)CN(C2CCC(=O)NC2=O)C3=O)cc1. The van der Waals surface area contributed by atoms with Gasteiger partial charge in [-0.2, -0.15) is 0 Å². The molecule has 3 aliphatic heterocycles. The van der Waals surface area contributed by atoms with Gasteiger partial charge in [0.05, 0.1) is 12.6 Å². The predicted octanol–water partition coefficient (Wildman–Crippen LogP) is 3.24. The number of imide groups is 1. The van der Waals surface area contributed by atoms with Crippen LogP contribution in [0.4, 0.5) is 0 Å². The van der Waals surface area contributed by atoms with Gasteiger partial charge >= 0.3 is 0 Å². The van der Waals surface area contributed by atoms with E-state index < -0.39 is 11.9 Å². The summed E-state index contributed by atoms with van der Waals surface area (Å²) < 4.78 is 11.6. The Balaban J connectivity index is 1.16. The van der Waals surface area contributed by atoms with Gasteiger partial charge in [-0.25, -0.2) is 0 Å². The molecule has 2 saturated heterocycles. The highest BCUT2D eigenvalue weighted by Gasteiger charge is 2.39. The highest BCUT2D eigenvalue weighted by molar-refractivity contribution is 6.05. The molecule has 9 nitrogen and oxygen atoms in total. The number of amides is 4. The summed E-state index contributed by atoms with van der Waals surface area (Å²) in [7, 11) is 0. The van der Waals surface area contributed by atoms with E-state index in [1.807, 2.05) is 42.2 Å². The van der Waals surface area contributed by atoms with Crippen molar-refractivity contribution in [3.05, 3.63) is 59.2 Å². The van der Waals surface area contributed by atoms with Crippen LogP contribution < -0.4 is 14.8 Å². The van der Waals surface area contributed by atoms with E-state index in [1.165, 1.54) is 4.90 Å². The van der Waals surface area contributed by atoms with Gasteiger partial charge in [-0.05, 0) is 80.5 Å². The molecule has 0 radical (unpaired) electrons. The van der Waals surface area contributed by atoms with E-state index in [0.29, 0.717) is 50.3 Å². The molecule has 0 aliphatic carbocycles. The molecule has 9 heteroatoms. The van der Waals surface area contributed by atoms with E-state index >= 15 is 0 Å². The fraction of sp³-hybridized carbons (Fsp3) is 0.467. The van der Waals surface area contributed by atoms with Crippen molar-refractivity contribution in [2.24, 2.45) is 0 Å². The Hall–Kier alpha value is -3.88. The molecule has 2 fully saturated rings. The molecular formula is C30H35N3O6. The Morgan fingerprint density at radius 3 is 2.56 bits per heavy atom. The minimum absolute atomic E-state index is 0.00133. The molecule has 3 heterocycles. The average Bonchev–Trinajstić information content (AvgIpc) is 3.27. The Morgan fingerprint density at radius 1 is 1.00 bits per heavy atom. The number of carbonyl (C=O) groups is 4. The van der Waals surface area contributed by atoms with Gasteiger partial charge in [-0.3, -0.25) is 24.5 Å². The quantitative estimate of drug-likeness (QED) is 0.496. The first-order valence-electron chi connectivity index (χ1n) is 13.8. The number of aryl methyl sites for hydroxylation is 1. The van der Waals surface area contributed by atoms with Gasteiger partial charge in [0.2, 0.25) is 17.7 Å². The van der Waals surface area contributed by atoms with Crippen LogP contribution in [0.25, 0.3) is 0 Å². The lowest BCUT2D eigenvalue weighted by atomic mass is 10.0. The van der Waals surface area contributed by atoms with Crippen molar-refractivity contribution in [2.75, 3.05) is 19.8 Å². The Labute approximate surface area is 228 Å². The van der Waals surface area contributed by atoms with Crippen molar-refractivity contribution in [1.29, 1.82) is 0 Å². The van der Waals surface area contributed by atoms with Gasteiger partial charge in [0.15, 0.2) is 0 Å². The number of ether oxygens (including phenoxy) is 2. The number of carbonyl (C=O) groups excluding carboxylic acids is 4. The molecule has 4 amide bonds. The maximum atomic E-state index is 13.1. The molecule has 2 aromatic carbocycles. The van der Waals surface area contributed by atoms with E-state index in [9.17, 15) is 19.2 Å². The smallest absolute Gasteiger partial charge is 0.255 e. The zero-order valence-corrected chi connectivity index (χ0v) is 22.3. The Kier molecular flexibility index (Phi) is 8.14. The lowest BCUT2D eigenvalue weighted by molar-refractivity contribution is -0.137. The predicted molar refractivity (Wildman–Crippen MR) is 143 cm³/mol. The number of nitrogens with zero attached hydrogens (tertiary/aromatic N) is 2. The summed E-state index contributed by atoms with van der Waals surface area (Å²) in [5.41, 5.74) is 2.46. The molecule has 0 saturated carbocycles. The standard InChI is InChI=1S/C30H35N3O6/c1-2-38-23-9-6-20(7-10-23)8-15-28(35)32-16-4-3-5-22(32)19-39-24-11-12-25-21(17-24)18-33(30(25)37)26-13-14-27(34)31-29(26)36/h6-7,9-12,17,22,26H,2-5,8,13-16,18-19H2,1H3,(H,31,34,36)/t22-,26?/m0/s1. The van der Waals surface area contributed by atoms with Crippen LogP contribution in [0.2, 0.25) is 0 Å². The van der Waals surface area contributed by atoms with Crippen LogP contribution in [-0.4, -0.2) is 65.3 Å². The van der Waals surface area contributed by atoms with Crippen molar-refractivity contribution in [3.8, 4) is 11.5 Å². The number of hydrogen-bond donors (Lipinski definition) is 1. The monoisotopic (exact) mass is 533 g/mol.